The van der Waals surface area contributed by atoms with E-state index in [2.05, 4.69) is 40.7 Å². The van der Waals surface area contributed by atoms with Gasteiger partial charge in [0, 0.05) is 44.7 Å². The van der Waals surface area contributed by atoms with Gasteiger partial charge in [0.25, 0.3) is 0 Å². The average Bonchev–Trinajstić information content (AvgIpc) is 2.89. The molecule has 0 saturated carbocycles. The highest BCUT2D eigenvalue weighted by Gasteiger charge is 2.24. The Kier molecular flexibility index (Phi) is 4.76. The second kappa shape index (κ2) is 6.34. The van der Waals surface area contributed by atoms with E-state index in [1.54, 1.807) is 0 Å². The first kappa shape index (κ1) is 14.3. The van der Waals surface area contributed by atoms with E-state index in [1.807, 2.05) is 0 Å². The van der Waals surface area contributed by atoms with Crippen molar-refractivity contribution in [3.8, 4) is 0 Å². The molecule has 1 fully saturated rings. The topological polar surface area (TPSA) is 65.6 Å². The number of piperazine rings is 1. The van der Waals surface area contributed by atoms with E-state index in [-0.39, 0.29) is 6.61 Å². The van der Waals surface area contributed by atoms with E-state index in [9.17, 15) is 0 Å². The Morgan fingerprint density at radius 2 is 1.89 bits per heavy atom. The highest BCUT2D eigenvalue weighted by atomic mass is 16.5. The molecule has 6 nitrogen and oxygen atoms in total. The Morgan fingerprint density at radius 1 is 1.21 bits per heavy atom. The molecule has 2 rings (SSSR count). The molecule has 1 aromatic rings. The molecule has 1 saturated heterocycles. The van der Waals surface area contributed by atoms with Gasteiger partial charge in [-0.3, -0.25) is 4.90 Å². The normalized spacial score (nSPS) is 19.1. The van der Waals surface area contributed by atoms with E-state index < -0.39 is 0 Å². The van der Waals surface area contributed by atoms with Crippen LogP contribution in [0.5, 0.6) is 0 Å². The summed E-state index contributed by atoms with van der Waals surface area (Å²) in [6.45, 7) is 10.3. The SMILES string of the molecule is CC(C)c1noc(N2CCN([C@@H](C)CCO)CC2)n1. The van der Waals surface area contributed by atoms with Crippen molar-refractivity contribution in [3.63, 3.8) is 0 Å². The molecule has 1 aromatic heterocycles. The number of aliphatic hydroxyl groups excluding tert-OH is 1. The molecule has 0 amide bonds. The van der Waals surface area contributed by atoms with Crippen LogP contribution in [0, 0.1) is 0 Å². The summed E-state index contributed by atoms with van der Waals surface area (Å²) >= 11 is 0. The first-order chi connectivity index (χ1) is 9.11. The first-order valence-electron chi connectivity index (χ1n) is 7.05. The summed E-state index contributed by atoms with van der Waals surface area (Å²) < 4.78 is 5.31. The van der Waals surface area contributed by atoms with Crippen molar-refractivity contribution < 1.29 is 9.63 Å². The Morgan fingerprint density at radius 3 is 2.42 bits per heavy atom. The number of nitrogens with zero attached hydrogens (tertiary/aromatic N) is 4. The summed E-state index contributed by atoms with van der Waals surface area (Å²) in [6, 6.07) is 1.07. The van der Waals surface area contributed by atoms with Crippen LogP contribution in [0.15, 0.2) is 4.52 Å². The zero-order valence-corrected chi connectivity index (χ0v) is 12.0. The van der Waals surface area contributed by atoms with Crippen LogP contribution in [-0.4, -0.2) is 59.0 Å². The van der Waals surface area contributed by atoms with Crippen LogP contribution in [0.2, 0.25) is 0 Å². The Bertz CT molecular complexity index is 386. The fraction of sp³-hybridized carbons (Fsp3) is 0.846. The molecule has 0 spiro atoms. The molecule has 0 aromatic carbocycles. The van der Waals surface area contributed by atoms with Crippen molar-refractivity contribution in [1.82, 2.24) is 15.0 Å². The van der Waals surface area contributed by atoms with Crippen molar-refractivity contribution in [2.24, 2.45) is 0 Å². The van der Waals surface area contributed by atoms with Crippen LogP contribution in [0.3, 0.4) is 0 Å². The minimum Gasteiger partial charge on any atom is -0.396 e. The van der Waals surface area contributed by atoms with Crippen molar-refractivity contribution in [3.05, 3.63) is 5.82 Å². The molecule has 1 atom stereocenters. The predicted octanol–water partition coefficient (Wildman–Crippen LogP) is 1.09. The zero-order chi connectivity index (χ0) is 13.8. The van der Waals surface area contributed by atoms with E-state index in [0.29, 0.717) is 18.0 Å². The number of aliphatic hydroxyl groups is 1. The monoisotopic (exact) mass is 268 g/mol. The van der Waals surface area contributed by atoms with Gasteiger partial charge in [-0.25, -0.2) is 0 Å². The largest absolute Gasteiger partial charge is 0.396 e. The quantitative estimate of drug-likeness (QED) is 0.862. The maximum absolute atomic E-state index is 8.98. The minimum atomic E-state index is 0.253. The van der Waals surface area contributed by atoms with Gasteiger partial charge in [0.05, 0.1) is 0 Å². The van der Waals surface area contributed by atoms with E-state index in [0.717, 1.165) is 38.4 Å². The standard InChI is InChI=1S/C13H24N4O2/c1-10(2)12-14-13(19-15-12)17-7-5-16(6-8-17)11(3)4-9-18/h10-11,18H,4-9H2,1-3H3/t11-/m0/s1. The van der Waals surface area contributed by atoms with Gasteiger partial charge in [-0.15, -0.1) is 0 Å². The fourth-order valence-corrected chi connectivity index (χ4v) is 2.31. The molecule has 0 radical (unpaired) electrons. The lowest BCUT2D eigenvalue weighted by atomic mass is 10.2. The molecule has 1 aliphatic heterocycles. The average molecular weight is 268 g/mol. The summed E-state index contributed by atoms with van der Waals surface area (Å²) in [5, 5.41) is 13.0. The van der Waals surface area contributed by atoms with Crippen LogP contribution < -0.4 is 4.90 Å². The summed E-state index contributed by atoms with van der Waals surface area (Å²) in [5.74, 6) is 1.06. The molecule has 6 heteroatoms. The van der Waals surface area contributed by atoms with Crippen molar-refractivity contribution in [2.75, 3.05) is 37.7 Å². The first-order valence-corrected chi connectivity index (χ1v) is 7.05. The lowest BCUT2D eigenvalue weighted by Gasteiger charge is -2.37. The highest BCUT2D eigenvalue weighted by molar-refractivity contribution is 5.26. The van der Waals surface area contributed by atoms with Gasteiger partial charge in [-0.1, -0.05) is 19.0 Å². The lowest BCUT2D eigenvalue weighted by Crippen LogP contribution is -2.50. The van der Waals surface area contributed by atoms with Gasteiger partial charge in [-0.05, 0) is 13.3 Å². The van der Waals surface area contributed by atoms with Crippen molar-refractivity contribution in [1.29, 1.82) is 0 Å². The molecular weight excluding hydrogens is 244 g/mol. The maximum Gasteiger partial charge on any atom is 0.324 e. The smallest absolute Gasteiger partial charge is 0.324 e. The van der Waals surface area contributed by atoms with Crippen LogP contribution in [-0.2, 0) is 0 Å². The number of hydrogen-bond acceptors (Lipinski definition) is 6. The molecule has 0 unspecified atom stereocenters. The summed E-state index contributed by atoms with van der Waals surface area (Å²) in [7, 11) is 0. The Labute approximate surface area is 114 Å². The third-order valence-corrected chi connectivity index (χ3v) is 3.70. The van der Waals surface area contributed by atoms with Gasteiger partial charge < -0.3 is 14.5 Å². The second-order valence-corrected chi connectivity index (χ2v) is 5.47. The fourth-order valence-electron chi connectivity index (χ4n) is 2.31. The molecular formula is C13H24N4O2. The van der Waals surface area contributed by atoms with Gasteiger partial charge in [-0.2, -0.15) is 4.98 Å². The van der Waals surface area contributed by atoms with Crippen LogP contribution in [0.4, 0.5) is 6.01 Å². The lowest BCUT2D eigenvalue weighted by molar-refractivity contribution is 0.157. The molecule has 19 heavy (non-hydrogen) atoms. The number of anilines is 1. The van der Waals surface area contributed by atoms with E-state index >= 15 is 0 Å². The molecule has 1 aliphatic rings. The van der Waals surface area contributed by atoms with Crippen molar-refractivity contribution >= 4 is 6.01 Å². The van der Waals surface area contributed by atoms with Crippen molar-refractivity contribution in [2.45, 2.75) is 39.2 Å². The molecule has 2 heterocycles. The summed E-state index contributed by atoms with van der Waals surface area (Å²) in [6.07, 6.45) is 0.831. The molecule has 108 valence electrons. The van der Waals surface area contributed by atoms with E-state index in [4.69, 9.17) is 9.63 Å². The third-order valence-electron chi connectivity index (χ3n) is 3.70. The van der Waals surface area contributed by atoms with Crippen LogP contribution >= 0.6 is 0 Å². The molecule has 0 aliphatic carbocycles. The van der Waals surface area contributed by atoms with Gasteiger partial charge in [0.2, 0.25) is 0 Å². The minimum absolute atomic E-state index is 0.253. The maximum atomic E-state index is 8.98. The van der Waals surface area contributed by atoms with Crippen LogP contribution in [0.25, 0.3) is 0 Å². The van der Waals surface area contributed by atoms with Crippen LogP contribution in [0.1, 0.15) is 38.9 Å². The Balaban J connectivity index is 1.88. The van der Waals surface area contributed by atoms with Gasteiger partial charge in [0.1, 0.15) is 0 Å². The summed E-state index contributed by atoms with van der Waals surface area (Å²) in [5.41, 5.74) is 0. The summed E-state index contributed by atoms with van der Waals surface area (Å²) in [4.78, 5) is 8.96. The Hall–Kier alpha value is -1.14. The van der Waals surface area contributed by atoms with Gasteiger partial charge >= 0.3 is 6.01 Å². The van der Waals surface area contributed by atoms with Gasteiger partial charge in [0.15, 0.2) is 5.82 Å². The zero-order valence-electron chi connectivity index (χ0n) is 12.0. The number of rotatable bonds is 5. The highest BCUT2D eigenvalue weighted by Crippen LogP contribution is 2.18. The third kappa shape index (κ3) is 3.45. The number of hydrogen-bond donors (Lipinski definition) is 1. The number of aromatic nitrogens is 2. The molecule has 1 N–H and O–H groups in total. The molecule has 0 bridgehead atoms. The van der Waals surface area contributed by atoms with E-state index in [1.165, 1.54) is 0 Å². The second-order valence-electron chi connectivity index (χ2n) is 5.47. The predicted molar refractivity (Wildman–Crippen MR) is 73.3 cm³/mol.